The fraction of sp³-hybridized carbons (Fsp3) is 0.556. The van der Waals surface area contributed by atoms with Crippen molar-refractivity contribution in [3.63, 3.8) is 0 Å². The molecule has 0 aliphatic carbocycles. The largest absolute Gasteiger partial charge is 0.330 e. The van der Waals surface area contributed by atoms with Crippen molar-refractivity contribution in [2.75, 3.05) is 19.6 Å². The van der Waals surface area contributed by atoms with E-state index in [1.54, 1.807) is 12.1 Å². The highest BCUT2D eigenvalue weighted by atomic mass is 79.9. The normalized spacial score (nSPS) is 21.4. The molecule has 0 spiro atoms. The van der Waals surface area contributed by atoms with Crippen molar-refractivity contribution in [2.45, 2.75) is 10.6 Å². The summed E-state index contributed by atoms with van der Waals surface area (Å²) in [5.74, 6) is 0.304. The average molecular weight is 362 g/mol. The van der Waals surface area contributed by atoms with Crippen LogP contribution in [0.15, 0.2) is 20.1 Å². The van der Waals surface area contributed by atoms with E-state index in [1.165, 1.54) is 15.6 Å². The molecule has 1 aromatic rings. The molecule has 2 N–H and O–H groups in total. The lowest BCUT2D eigenvalue weighted by Gasteiger charge is -2.14. The predicted octanol–water partition coefficient (Wildman–Crippen LogP) is 1.90. The van der Waals surface area contributed by atoms with E-state index in [0.29, 0.717) is 29.8 Å². The molecule has 2 rings (SSSR count). The molecule has 4 nitrogen and oxygen atoms in total. The molecule has 1 saturated heterocycles. The van der Waals surface area contributed by atoms with Crippen LogP contribution in [-0.4, -0.2) is 32.4 Å². The first kappa shape index (κ1) is 15.4. The molecule has 0 unspecified atom stereocenters. The minimum absolute atomic E-state index is 0. The second kappa shape index (κ2) is 5.99. The van der Waals surface area contributed by atoms with Crippen molar-refractivity contribution in [2.24, 2.45) is 11.7 Å². The highest BCUT2D eigenvalue weighted by Gasteiger charge is 2.32. The number of sulfonamides is 1. The van der Waals surface area contributed by atoms with Gasteiger partial charge in [0.05, 0.1) is 3.79 Å². The van der Waals surface area contributed by atoms with E-state index in [9.17, 15) is 8.42 Å². The molecule has 17 heavy (non-hydrogen) atoms. The molecule has 0 saturated carbocycles. The van der Waals surface area contributed by atoms with Gasteiger partial charge in [0, 0.05) is 13.1 Å². The van der Waals surface area contributed by atoms with Crippen LogP contribution in [0.1, 0.15) is 6.42 Å². The van der Waals surface area contributed by atoms with Gasteiger partial charge < -0.3 is 5.73 Å². The molecule has 1 aromatic heterocycles. The van der Waals surface area contributed by atoms with Crippen molar-refractivity contribution in [1.82, 2.24) is 4.31 Å². The van der Waals surface area contributed by atoms with Crippen molar-refractivity contribution >= 4 is 49.7 Å². The first-order chi connectivity index (χ1) is 7.54. The van der Waals surface area contributed by atoms with E-state index in [-0.39, 0.29) is 12.4 Å². The third-order valence-electron chi connectivity index (χ3n) is 2.72. The lowest BCUT2D eigenvalue weighted by atomic mass is 10.1. The Morgan fingerprint density at radius 3 is 2.71 bits per heavy atom. The zero-order valence-corrected chi connectivity index (χ0v) is 13.0. The first-order valence-corrected chi connectivity index (χ1v) is 8.04. The second-order valence-corrected chi connectivity index (χ2v) is 8.44. The summed E-state index contributed by atoms with van der Waals surface area (Å²) < 4.78 is 27.1. The lowest BCUT2D eigenvalue weighted by molar-refractivity contribution is 0.460. The number of rotatable bonds is 3. The smallest absolute Gasteiger partial charge is 0.252 e. The molecule has 1 aliphatic rings. The van der Waals surface area contributed by atoms with Gasteiger partial charge >= 0.3 is 0 Å². The Hall–Kier alpha value is 0.340. The van der Waals surface area contributed by atoms with Crippen LogP contribution >= 0.6 is 39.7 Å². The summed E-state index contributed by atoms with van der Waals surface area (Å²) in [6.07, 6.45) is 0.863. The van der Waals surface area contributed by atoms with Gasteiger partial charge in [-0.3, -0.25) is 0 Å². The Bertz CT molecular complexity index is 477. The quantitative estimate of drug-likeness (QED) is 0.894. The Labute approximate surface area is 120 Å². The summed E-state index contributed by atoms with van der Waals surface area (Å²) in [7, 11) is -3.29. The SMILES string of the molecule is Cl.NC[C@H]1CCN(S(=O)(=O)c2ccc(Br)s2)C1. The number of halogens is 2. The molecule has 0 aromatic carbocycles. The molecule has 1 aliphatic heterocycles. The maximum absolute atomic E-state index is 12.2. The maximum Gasteiger partial charge on any atom is 0.252 e. The van der Waals surface area contributed by atoms with Crippen LogP contribution in [0.4, 0.5) is 0 Å². The van der Waals surface area contributed by atoms with Gasteiger partial charge in [0.15, 0.2) is 0 Å². The molecule has 1 atom stereocenters. The molecular formula is C9H14BrClN2O2S2. The topological polar surface area (TPSA) is 63.4 Å². The van der Waals surface area contributed by atoms with Crippen LogP contribution in [0.2, 0.25) is 0 Å². The van der Waals surface area contributed by atoms with Gasteiger partial charge in [-0.1, -0.05) is 0 Å². The zero-order valence-electron chi connectivity index (χ0n) is 9.00. The summed E-state index contributed by atoms with van der Waals surface area (Å²) in [6, 6.07) is 3.40. The molecular weight excluding hydrogens is 348 g/mol. The minimum Gasteiger partial charge on any atom is -0.330 e. The number of thiophene rings is 1. The van der Waals surface area contributed by atoms with Crippen LogP contribution in [0, 0.1) is 5.92 Å². The number of nitrogens with two attached hydrogens (primary N) is 1. The van der Waals surface area contributed by atoms with E-state index < -0.39 is 10.0 Å². The van der Waals surface area contributed by atoms with E-state index >= 15 is 0 Å². The third kappa shape index (κ3) is 3.21. The van der Waals surface area contributed by atoms with Crippen LogP contribution in [0.25, 0.3) is 0 Å². The number of nitrogens with zero attached hydrogens (tertiary/aromatic N) is 1. The fourth-order valence-electron chi connectivity index (χ4n) is 1.77. The fourth-order valence-corrected chi connectivity index (χ4v) is 5.47. The predicted molar refractivity (Wildman–Crippen MR) is 75.2 cm³/mol. The van der Waals surface area contributed by atoms with Gasteiger partial charge in [-0.05, 0) is 46.9 Å². The summed E-state index contributed by atoms with van der Waals surface area (Å²) in [5.41, 5.74) is 5.56. The van der Waals surface area contributed by atoms with E-state index in [2.05, 4.69) is 15.9 Å². The zero-order chi connectivity index (χ0) is 11.8. The van der Waals surface area contributed by atoms with E-state index in [1.807, 2.05) is 0 Å². The second-order valence-electron chi connectivity index (χ2n) is 3.81. The highest BCUT2D eigenvalue weighted by molar-refractivity contribution is 9.11. The molecule has 8 heteroatoms. The average Bonchev–Trinajstić information content (AvgIpc) is 2.85. The summed E-state index contributed by atoms with van der Waals surface area (Å²) >= 11 is 4.52. The number of hydrogen-bond acceptors (Lipinski definition) is 4. The monoisotopic (exact) mass is 360 g/mol. The van der Waals surface area contributed by atoms with Crippen LogP contribution < -0.4 is 5.73 Å². The van der Waals surface area contributed by atoms with Gasteiger partial charge in [0.25, 0.3) is 10.0 Å². The summed E-state index contributed by atoms with van der Waals surface area (Å²) in [6.45, 7) is 1.69. The third-order valence-corrected chi connectivity index (χ3v) is 6.68. The van der Waals surface area contributed by atoms with Gasteiger partial charge in [-0.25, -0.2) is 8.42 Å². The Balaban J connectivity index is 0.00000144. The number of hydrogen-bond donors (Lipinski definition) is 1. The Kier molecular flexibility index (Phi) is 5.42. The van der Waals surface area contributed by atoms with Crippen molar-refractivity contribution in [1.29, 1.82) is 0 Å². The lowest BCUT2D eigenvalue weighted by Crippen LogP contribution is -2.29. The maximum atomic E-state index is 12.2. The van der Waals surface area contributed by atoms with Gasteiger partial charge in [-0.15, -0.1) is 23.7 Å². The molecule has 0 bridgehead atoms. The summed E-state index contributed by atoms with van der Waals surface area (Å²) in [4.78, 5) is 0. The van der Waals surface area contributed by atoms with Gasteiger partial charge in [-0.2, -0.15) is 4.31 Å². The molecule has 0 radical (unpaired) electrons. The highest BCUT2D eigenvalue weighted by Crippen LogP contribution is 2.30. The Morgan fingerprint density at radius 2 is 2.24 bits per heavy atom. The van der Waals surface area contributed by atoms with Crippen LogP contribution in [0.3, 0.4) is 0 Å². The van der Waals surface area contributed by atoms with Gasteiger partial charge in [0.1, 0.15) is 4.21 Å². The van der Waals surface area contributed by atoms with Gasteiger partial charge in [0.2, 0.25) is 0 Å². The Morgan fingerprint density at radius 1 is 1.53 bits per heavy atom. The molecule has 1 fully saturated rings. The molecule has 0 amide bonds. The molecule has 2 heterocycles. The first-order valence-electron chi connectivity index (χ1n) is 4.99. The standard InChI is InChI=1S/C9H13BrN2O2S2.ClH/c10-8-1-2-9(15-8)16(13,14)12-4-3-7(5-11)6-12;/h1-2,7H,3-6,11H2;1H/t7-;/m1./s1. The van der Waals surface area contributed by atoms with E-state index in [0.717, 1.165) is 10.2 Å². The van der Waals surface area contributed by atoms with Crippen LogP contribution in [0.5, 0.6) is 0 Å². The molecule has 98 valence electrons. The van der Waals surface area contributed by atoms with Crippen molar-refractivity contribution < 1.29 is 8.42 Å². The van der Waals surface area contributed by atoms with E-state index in [4.69, 9.17) is 5.73 Å². The minimum atomic E-state index is -3.29. The van der Waals surface area contributed by atoms with Crippen LogP contribution in [-0.2, 0) is 10.0 Å². The van der Waals surface area contributed by atoms with Crippen molar-refractivity contribution in [3.8, 4) is 0 Å². The van der Waals surface area contributed by atoms with Crippen molar-refractivity contribution in [3.05, 3.63) is 15.9 Å². The summed E-state index contributed by atoms with van der Waals surface area (Å²) in [5, 5.41) is 0.